The molecule has 0 saturated carbocycles. The molecule has 0 N–H and O–H groups in total. The predicted molar refractivity (Wildman–Crippen MR) is 101 cm³/mol. The molecule has 116 valence electrons. The van der Waals surface area contributed by atoms with Crippen molar-refractivity contribution in [3.63, 3.8) is 0 Å². The summed E-state index contributed by atoms with van der Waals surface area (Å²) in [6.07, 6.45) is 2.30. The van der Waals surface area contributed by atoms with Crippen molar-refractivity contribution in [1.82, 2.24) is 4.23 Å². The Hall–Kier alpha value is -0.253. The Kier molecular flexibility index (Phi) is 4.96. The maximum absolute atomic E-state index is 6.18. The van der Waals surface area contributed by atoms with E-state index >= 15 is 0 Å². The van der Waals surface area contributed by atoms with Crippen molar-refractivity contribution < 1.29 is 0 Å². The fourth-order valence-corrected chi connectivity index (χ4v) is 11.8. The molecule has 0 amide bonds. The lowest BCUT2D eigenvalue weighted by molar-refractivity contribution is 0.772. The number of rotatable bonds is 4. The van der Waals surface area contributed by atoms with E-state index in [1.165, 1.54) is 10.9 Å². The van der Waals surface area contributed by atoms with Gasteiger partial charge in [0.1, 0.15) is 0 Å². The average molecular weight is 387 g/mol. The predicted octanol–water partition coefficient (Wildman–Crippen LogP) is 7.08. The summed E-state index contributed by atoms with van der Waals surface area (Å²) in [5, 5.41) is 2.02. The van der Waals surface area contributed by atoms with Crippen LogP contribution in [0.15, 0.2) is 28.9 Å². The van der Waals surface area contributed by atoms with Crippen LogP contribution in [0, 0.1) is 0 Å². The molecule has 0 unspecified atom stereocenters. The summed E-state index contributed by atoms with van der Waals surface area (Å²) in [4.78, 5) is 0. The summed E-state index contributed by atoms with van der Waals surface area (Å²) >= 11 is 9.92. The van der Waals surface area contributed by atoms with E-state index < -0.39 is 8.24 Å². The normalized spacial score (nSPS) is 13.1. The number of nitrogens with zero attached hydrogens (tertiary/aromatic N) is 1. The van der Waals surface area contributed by atoms with Gasteiger partial charge in [-0.2, -0.15) is 0 Å². The zero-order chi connectivity index (χ0) is 15.9. The van der Waals surface area contributed by atoms with Crippen LogP contribution in [0.1, 0.15) is 41.5 Å². The number of hydrogen-bond donors (Lipinski definition) is 0. The zero-order valence-corrected chi connectivity index (χ0v) is 17.1. The second-order valence-corrected chi connectivity index (χ2v) is 13.9. The van der Waals surface area contributed by atoms with E-state index in [0.29, 0.717) is 16.6 Å². The number of fused-ring (bicyclic) bond motifs is 1. The van der Waals surface area contributed by atoms with E-state index in [0.717, 1.165) is 9.50 Å². The second-order valence-electron chi connectivity index (χ2n) is 6.86. The summed E-state index contributed by atoms with van der Waals surface area (Å²) in [5.74, 6) is 0. The summed E-state index contributed by atoms with van der Waals surface area (Å²) in [7, 11) is -1.72. The van der Waals surface area contributed by atoms with Crippen molar-refractivity contribution in [2.24, 2.45) is 0 Å². The maximum atomic E-state index is 6.18. The fourth-order valence-electron chi connectivity index (χ4n) is 4.32. The van der Waals surface area contributed by atoms with Crippen molar-refractivity contribution in [3.8, 4) is 0 Å². The molecule has 0 aliphatic carbocycles. The first kappa shape index (κ1) is 17.1. The first-order valence-corrected chi connectivity index (χ1v) is 11.0. The minimum Gasteiger partial charge on any atom is -0.372 e. The molecular weight excluding hydrogens is 362 g/mol. The van der Waals surface area contributed by atoms with Gasteiger partial charge in [0, 0.05) is 26.6 Å². The molecule has 0 aliphatic heterocycles. The van der Waals surface area contributed by atoms with Gasteiger partial charge in [-0.25, -0.2) is 0 Å². The topological polar surface area (TPSA) is 4.93 Å². The third-order valence-corrected chi connectivity index (χ3v) is 12.5. The molecule has 0 radical (unpaired) electrons. The Morgan fingerprint density at radius 2 is 1.52 bits per heavy atom. The van der Waals surface area contributed by atoms with Crippen LogP contribution in [0.2, 0.25) is 21.6 Å². The first-order chi connectivity index (χ1) is 9.72. The van der Waals surface area contributed by atoms with Crippen LogP contribution in [-0.2, 0) is 0 Å². The first-order valence-electron chi connectivity index (χ1n) is 7.69. The third kappa shape index (κ3) is 2.62. The van der Waals surface area contributed by atoms with Crippen LogP contribution in [0.4, 0.5) is 0 Å². The van der Waals surface area contributed by atoms with Crippen molar-refractivity contribution in [2.45, 2.75) is 58.2 Å². The number of aromatic nitrogens is 1. The van der Waals surface area contributed by atoms with Crippen LogP contribution in [0.3, 0.4) is 0 Å². The Bertz CT molecular complexity index is 624. The molecule has 2 rings (SSSR count). The van der Waals surface area contributed by atoms with Crippen molar-refractivity contribution in [2.75, 3.05) is 0 Å². The quantitative estimate of drug-likeness (QED) is 0.495. The number of benzene rings is 1. The van der Waals surface area contributed by atoms with Gasteiger partial charge < -0.3 is 4.23 Å². The highest BCUT2D eigenvalue weighted by Gasteiger charge is 2.45. The molecule has 0 bridgehead atoms. The smallest absolute Gasteiger partial charge is 0.169 e. The van der Waals surface area contributed by atoms with Gasteiger partial charge in [0.15, 0.2) is 8.24 Å². The zero-order valence-electron chi connectivity index (χ0n) is 13.7. The monoisotopic (exact) mass is 385 g/mol. The van der Waals surface area contributed by atoms with E-state index in [9.17, 15) is 0 Å². The fraction of sp³-hybridized carbons (Fsp3) is 0.529. The molecule has 0 saturated heterocycles. The van der Waals surface area contributed by atoms with Crippen molar-refractivity contribution in [1.29, 1.82) is 0 Å². The Morgan fingerprint density at radius 3 is 2.00 bits per heavy atom. The van der Waals surface area contributed by atoms with Crippen LogP contribution in [0.25, 0.3) is 10.9 Å². The highest BCUT2D eigenvalue weighted by atomic mass is 79.9. The molecular formula is C17H25BrClNSi. The molecule has 0 fully saturated rings. The highest BCUT2D eigenvalue weighted by Crippen LogP contribution is 2.45. The number of hydrogen-bond acceptors (Lipinski definition) is 0. The Balaban J connectivity index is 2.83. The minimum atomic E-state index is -1.72. The van der Waals surface area contributed by atoms with Gasteiger partial charge in [0.25, 0.3) is 0 Å². The molecule has 0 aliphatic rings. The van der Waals surface area contributed by atoms with E-state index in [2.05, 4.69) is 80.0 Å². The second kappa shape index (κ2) is 6.09. The SMILES string of the molecule is CC(C)[Si](C(C)C)(C(C)C)n1cc(Br)c2cc(Cl)ccc21. The lowest BCUT2D eigenvalue weighted by Crippen LogP contribution is -2.51. The van der Waals surface area contributed by atoms with Gasteiger partial charge in [-0.05, 0) is 50.8 Å². The van der Waals surface area contributed by atoms with Crippen LogP contribution in [-0.4, -0.2) is 12.5 Å². The van der Waals surface area contributed by atoms with Gasteiger partial charge in [-0.3, -0.25) is 0 Å². The van der Waals surface area contributed by atoms with Gasteiger partial charge in [-0.1, -0.05) is 53.1 Å². The molecule has 1 aromatic carbocycles. The van der Waals surface area contributed by atoms with Crippen LogP contribution in [0.5, 0.6) is 0 Å². The lowest BCUT2D eigenvalue weighted by atomic mass is 10.2. The summed E-state index contributed by atoms with van der Waals surface area (Å²) in [6, 6.07) is 6.25. The van der Waals surface area contributed by atoms with Gasteiger partial charge in [0.2, 0.25) is 0 Å². The minimum absolute atomic E-state index is 0.677. The Morgan fingerprint density at radius 1 is 1.00 bits per heavy atom. The van der Waals surface area contributed by atoms with Gasteiger partial charge in [-0.15, -0.1) is 0 Å². The molecule has 0 atom stereocenters. The summed E-state index contributed by atoms with van der Waals surface area (Å²) < 4.78 is 3.77. The van der Waals surface area contributed by atoms with E-state index in [-0.39, 0.29) is 0 Å². The van der Waals surface area contributed by atoms with E-state index in [1.807, 2.05) is 6.07 Å². The highest BCUT2D eigenvalue weighted by molar-refractivity contribution is 9.10. The van der Waals surface area contributed by atoms with Crippen LogP contribution >= 0.6 is 27.5 Å². The van der Waals surface area contributed by atoms with E-state index in [1.54, 1.807) is 0 Å². The van der Waals surface area contributed by atoms with Crippen LogP contribution < -0.4 is 0 Å². The molecule has 1 heterocycles. The molecule has 2 aromatic rings. The van der Waals surface area contributed by atoms with E-state index in [4.69, 9.17) is 11.6 Å². The molecule has 1 nitrogen and oxygen atoms in total. The molecule has 1 aromatic heterocycles. The average Bonchev–Trinajstić information content (AvgIpc) is 2.66. The van der Waals surface area contributed by atoms with Crippen molar-refractivity contribution in [3.05, 3.63) is 33.9 Å². The lowest BCUT2D eigenvalue weighted by Gasteiger charge is -2.44. The van der Waals surface area contributed by atoms with Gasteiger partial charge in [0.05, 0.1) is 0 Å². The third-order valence-electron chi connectivity index (χ3n) is 4.91. The van der Waals surface area contributed by atoms with Crippen molar-refractivity contribution >= 4 is 46.7 Å². The molecule has 4 heteroatoms. The largest absolute Gasteiger partial charge is 0.372 e. The number of halogens is 2. The maximum Gasteiger partial charge on any atom is 0.169 e. The summed E-state index contributed by atoms with van der Waals surface area (Å²) in [6.45, 7) is 14.3. The summed E-state index contributed by atoms with van der Waals surface area (Å²) in [5.41, 5.74) is 3.34. The Labute approximate surface area is 142 Å². The van der Waals surface area contributed by atoms with Gasteiger partial charge >= 0.3 is 0 Å². The standard InChI is InChI=1S/C17H25BrClNSi/c1-11(2)21(12(3)4,13(5)6)20-10-16(18)15-9-14(19)7-8-17(15)20/h7-13H,1-6H3. The molecule has 21 heavy (non-hydrogen) atoms. The molecule has 0 spiro atoms.